The lowest BCUT2D eigenvalue weighted by Crippen LogP contribution is -2.48. The minimum atomic E-state index is -0.131. The Hall–Kier alpha value is -1.35. The molecule has 1 aromatic carbocycles. The molecule has 1 saturated carbocycles. The van der Waals surface area contributed by atoms with Crippen LogP contribution in [0.25, 0.3) is 0 Å². The molecular weight excluding hydrogens is 224 g/mol. The van der Waals surface area contributed by atoms with Gasteiger partial charge in [0.15, 0.2) is 0 Å². The van der Waals surface area contributed by atoms with E-state index in [4.69, 9.17) is 0 Å². The summed E-state index contributed by atoms with van der Waals surface area (Å²) in [4.78, 5) is 12.2. The fraction of sp³-hybridized carbons (Fsp3) is 0.533. The van der Waals surface area contributed by atoms with Crippen LogP contribution in [0.2, 0.25) is 0 Å². The molecule has 1 aromatic rings. The van der Waals surface area contributed by atoms with E-state index in [1.54, 1.807) is 0 Å². The van der Waals surface area contributed by atoms with E-state index in [1.165, 1.54) is 5.56 Å². The molecule has 0 aromatic heterocycles. The Kier molecular flexibility index (Phi) is 4.37. The van der Waals surface area contributed by atoms with Crippen molar-refractivity contribution in [3.05, 3.63) is 35.9 Å². The van der Waals surface area contributed by atoms with Crippen LogP contribution < -0.4 is 10.6 Å². The maximum atomic E-state index is 12.2. The fourth-order valence-electron chi connectivity index (χ4n) is 2.01. The van der Waals surface area contributed by atoms with E-state index in [-0.39, 0.29) is 11.9 Å². The quantitative estimate of drug-likeness (QED) is 0.804. The van der Waals surface area contributed by atoms with Gasteiger partial charge in [0.05, 0.1) is 6.04 Å². The molecular formula is C15H22N2O. The van der Waals surface area contributed by atoms with Crippen LogP contribution in [-0.4, -0.2) is 24.0 Å². The number of amides is 1. The summed E-state index contributed by atoms with van der Waals surface area (Å²) in [7, 11) is 0. The Morgan fingerprint density at radius 2 is 1.94 bits per heavy atom. The van der Waals surface area contributed by atoms with E-state index >= 15 is 0 Å². The second-order valence-corrected chi connectivity index (χ2v) is 5.35. The van der Waals surface area contributed by atoms with Gasteiger partial charge in [0.2, 0.25) is 5.91 Å². The van der Waals surface area contributed by atoms with E-state index in [1.807, 2.05) is 18.2 Å². The number of hydrogen-bond acceptors (Lipinski definition) is 2. The number of hydrogen-bond donors (Lipinski definition) is 2. The van der Waals surface area contributed by atoms with Crippen molar-refractivity contribution in [3.63, 3.8) is 0 Å². The van der Waals surface area contributed by atoms with Crippen LogP contribution in [0.5, 0.6) is 0 Å². The van der Waals surface area contributed by atoms with Crippen molar-refractivity contribution in [1.29, 1.82) is 0 Å². The molecule has 2 rings (SSSR count). The first-order valence-electron chi connectivity index (χ1n) is 6.75. The van der Waals surface area contributed by atoms with Crippen molar-refractivity contribution in [2.45, 2.75) is 51.2 Å². The lowest BCUT2D eigenvalue weighted by Gasteiger charge is -2.20. The number of carbonyl (C=O) groups excluding carboxylic acids is 1. The molecule has 98 valence electrons. The smallest absolute Gasteiger partial charge is 0.237 e. The zero-order valence-corrected chi connectivity index (χ0v) is 11.1. The summed E-state index contributed by atoms with van der Waals surface area (Å²) in [5, 5.41) is 6.43. The maximum Gasteiger partial charge on any atom is 0.237 e. The Morgan fingerprint density at radius 3 is 2.50 bits per heavy atom. The molecule has 3 nitrogen and oxygen atoms in total. The van der Waals surface area contributed by atoms with Crippen molar-refractivity contribution in [2.75, 3.05) is 0 Å². The van der Waals surface area contributed by atoms with Gasteiger partial charge in [0, 0.05) is 12.1 Å². The highest BCUT2D eigenvalue weighted by molar-refractivity contribution is 5.82. The van der Waals surface area contributed by atoms with E-state index in [2.05, 4.69) is 36.6 Å². The molecule has 1 amide bonds. The molecule has 0 radical (unpaired) electrons. The number of rotatable bonds is 6. The average Bonchev–Trinajstić information content (AvgIpc) is 3.13. The van der Waals surface area contributed by atoms with Crippen LogP contribution in [0.3, 0.4) is 0 Å². The molecule has 0 saturated heterocycles. The largest absolute Gasteiger partial charge is 0.352 e. The SMILES string of the molecule is CC(C)N[C@@H](Cc1ccccc1)C(=O)NC1CC1. The molecule has 2 N–H and O–H groups in total. The normalized spacial score (nSPS) is 16.6. The van der Waals surface area contributed by atoms with Crippen LogP contribution in [0, 0.1) is 0 Å². The second-order valence-electron chi connectivity index (χ2n) is 5.35. The van der Waals surface area contributed by atoms with Crippen molar-refractivity contribution in [2.24, 2.45) is 0 Å². The molecule has 0 aliphatic heterocycles. The van der Waals surface area contributed by atoms with Crippen molar-refractivity contribution in [1.82, 2.24) is 10.6 Å². The lowest BCUT2D eigenvalue weighted by atomic mass is 10.0. The Labute approximate surface area is 109 Å². The summed E-state index contributed by atoms with van der Waals surface area (Å²) in [6.45, 7) is 4.14. The molecule has 1 aliphatic rings. The van der Waals surface area contributed by atoms with E-state index < -0.39 is 0 Å². The van der Waals surface area contributed by atoms with Gasteiger partial charge in [0.1, 0.15) is 0 Å². The Balaban J connectivity index is 1.97. The van der Waals surface area contributed by atoms with Crippen LogP contribution in [0.1, 0.15) is 32.3 Å². The van der Waals surface area contributed by atoms with Crippen molar-refractivity contribution in [3.8, 4) is 0 Å². The Morgan fingerprint density at radius 1 is 1.28 bits per heavy atom. The number of benzene rings is 1. The summed E-state index contributed by atoms with van der Waals surface area (Å²) in [6, 6.07) is 10.8. The highest BCUT2D eigenvalue weighted by atomic mass is 16.2. The topological polar surface area (TPSA) is 41.1 Å². The fourth-order valence-corrected chi connectivity index (χ4v) is 2.01. The first-order chi connectivity index (χ1) is 8.65. The molecule has 1 atom stereocenters. The van der Waals surface area contributed by atoms with Crippen LogP contribution >= 0.6 is 0 Å². The molecule has 0 spiro atoms. The second kappa shape index (κ2) is 6.01. The van der Waals surface area contributed by atoms with Crippen molar-refractivity contribution >= 4 is 5.91 Å². The first-order valence-corrected chi connectivity index (χ1v) is 6.75. The van der Waals surface area contributed by atoms with Gasteiger partial charge in [-0.05, 0) is 24.8 Å². The van der Waals surface area contributed by atoms with Crippen LogP contribution in [-0.2, 0) is 11.2 Å². The predicted octanol–water partition coefficient (Wildman–Crippen LogP) is 1.87. The highest BCUT2D eigenvalue weighted by Gasteiger charge is 2.27. The van der Waals surface area contributed by atoms with E-state index in [9.17, 15) is 4.79 Å². The highest BCUT2D eigenvalue weighted by Crippen LogP contribution is 2.19. The summed E-state index contributed by atoms with van der Waals surface area (Å²) in [5.41, 5.74) is 1.20. The van der Waals surface area contributed by atoms with Gasteiger partial charge < -0.3 is 10.6 Å². The summed E-state index contributed by atoms with van der Waals surface area (Å²) in [5.74, 6) is 0.134. The number of nitrogens with one attached hydrogen (secondary N) is 2. The van der Waals surface area contributed by atoms with Gasteiger partial charge in [-0.2, -0.15) is 0 Å². The first kappa shape index (κ1) is 13.1. The molecule has 1 aliphatic carbocycles. The van der Waals surface area contributed by atoms with Gasteiger partial charge in [0.25, 0.3) is 0 Å². The maximum absolute atomic E-state index is 12.2. The van der Waals surface area contributed by atoms with Crippen molar-refractivity contribution < 1.29 is 4.79 Å². The minimum Gasteiger partial charge on any atom is -0.352 e. The molecule has 0 heterocycles. The van der Waals surface area contributed by atoms with Gasteiger partial charge in [-0.1, -0.05) is 44.2 Å². The van der Waals surface area contributed by atoms with E-state index in [0.717, 1.165) is 19.3 Å². The third kappa shape index (κ3) is 4.15. The molecule has 0 bridgehead atoms. The standard InChI is InChI=1S/C15H22N2O/c1-11(2)16-14(15(18)17-13-8-9-13)10-12-6-4-3-5-7-12/h3-7,11,13-14,16H,8-10H2,1-2H3,(H,17,18)/t14-/m0/s1. The van der Waals surface area contributed by atoms with Gasteiger partial charge >= 0.3 is 0 Å². The summed E-state index contributed by atoms with van der Waals surface area (Å²) >= 11 is 0. The summed E-state index contributed by atoms with van der Waals surface area (Å²) < 4.78 is 0. The summed E-state index contributed by atoms with van der Waals surface area (Å²) in [6.07, 6.45) is 3.01. The monoisotopic (exact) mass is 246 g/mol. The average molecular weight is 246 g/mol. The Bertz CT molecular complexity index is 385. The van der Waals surface area contributed by atoms with Gasteiger partial charge in [-0.3, -0.25) is 4.79 Å². The van der Waals surface area contributed by atoms with Gasteiger partial charge in [-0.25, -0.2) is 0 Å². The van der Waals surface area contributed by atoms with Crippen LogP contribution in [0.15, 0.2) is 30.3 Å². The zero-order chi connectivity index (χ0) is 13.0. The molecule has 3 heteroatoms. The van der Waals surface area contributed by atoms with E-state index in [0.29, 0.717) is 12.1 Å². The lowest BCUT2D eigenvalue weighted by molar-refractivity contribution is -0.123. The predicted molar refractivity (Wildman–Crippen MR) is 73.4 cm³/mol. The number of carbonyl (C=O) groups is 1. The van der Waals surface area contributed by atoms with Crippen LogP contribution in [0.4, 0.5) is 0 Å². The zero-order valence-electron chi connectivity index (χ0n) is 11.1. The molecule has 18 heavy (non-hydrogen) atoms. The molecule has 1 fully saturated rings. The van der Waals surface area contributed by atoms with Gasteiger partial charge in [-0.15, -0.1) is 0 Å². The third-order valence-corrected chi connectivity index (χ3v) is 3.06. The third-order valence-electron chi connectivity index (χ3n) is 3.06. The molecule has 0 unspecified atom stereocenters. The minimum absolute atomic E-state index is 0.131.